The lowest BCUT2D eigenvalue weighted by atomic mass is 9.86. The first kappa shape index (κ1) is 16.3. The number of hydrogen-bond acceptors (Lipinski definition) is 4. The molecule has 0 aliphatic heterocycles. The fourth-order valence-electron chi connectivity index (χ4n) is 2.63. The topological polar surface area (TPSA) is 68.5 Å². The van der Waals surface area contributed by atoms with Crippen LogP contribution in [0.2, 0.25) is 0 Å². The third-order valence-corrected chi connectivity index (χ3v) is 4.03. The van der Waals surface area contributed by atoms with Crippen molar-refractivity contribution < 1.29 is 18.7 Å². The van der Waals surface area contributed by atoms with E-state index in [0.29, 0.717) is 11.7 Å². The van der Waals surface area contributed by atoms with Gasteiger partial charge in [0.1, 0.15) is 5.76 Å². The predicted octanol–water partition coefficient (Wildman–Crippen LogP) is 2.92. The standard InChI is InChI=1S/C17H23NO4/c1-12-6-3-4-8-15(12)18-17(20)13(2)22-16(19)10-9-14-7-5-11-21-14/h5,7,9-13,15H,3-4,6,8H2,1-2H3,(H,18,20)/b10-9+/t12-,13+,15+/m1/s1. The van der Waals surface area contributed by atoms with Crippen LogP contribution in [0.1, 0.15) is 45.3 Å². The molecule has 1 fully saturated rings. The third-order valence-electron chi connectivity index (χ3n) is 4.03. The van der Waals surface area contributed by atoms with E-state index in [4.69, 9.17) is 9.15 Å². The Hall–Kier alpha value is -2.04. The van der Waals surface area contributed by atoms with Gasteiger partial charge < -0.3 is 14.5 Å². The Morgan fingerprint density at radius 1 is 1.41 bits per heavy atom. The zero-order valence-electron chi connectivity index (χ0n) is 13.1. The van der Waals surface area contributed by atoms with Gasteiger partial charge in [0.05, 0.1) is 6.26 Å². The molecule has 1 saturated carbocycles. The van der Waals surface area contributed by atoms with Crippen LogP contribution in [-0.2, 0) is 14.3 Å². The van der Waals surface area contributed by atoms with Gasteiger partial charge in [0.15, 0.2) is 6.10 Å². The van der Waals surface area contributed by atoms with Crippen LogP contribution in [0.3, 0.4) is 0 Å². The van der Waals surface area contributed by atoms with Crippen molar-refractivity contribution >= 4 is 18.0 Å². The lowest BCUT2D eigenvalue weighted by Crippen LogP contribution is -2.45. The predicted molar refractivity (Wildman–Crippen MR) is 82.9 cm³/mol. The van der Waals surface area contributed by atoms with Gasteiger partial charge in [-0.15, -0.1) is 0 Å². The van der Waals surface area contributed by atoms with E-state index in [2.05, 4.69) is 12.2 Å². The second kappa shape index (κ2) is 7.82. The maximum Gasteiger partial charge on any atom is 0.331 e. The number of nitrogens with one attached hydrogen (secondary N) is 1. The normalized spacial score (nSPS) is 23.2. The summed E-state index contributed by atoms with van der Waals surface area (Å²) in [5.74, 6) is 0.235. The smallest absolute Gasteiger partial charge is 0.331 e. The minimum atomic E-state index is -0.803. The maximum atomic E-state index is 12.1. The Balaban J connectivity index is 1.79. The summed E-state index contributed by atoms with van der Waals surface area (Å²) < 4.78 is 10.2. The molecular formula is C17H23NO4. The van der Waals surface area contributed by atoms with Gasteiger partial charge in [-0.1, -0.05) is 19.8 Å². The monoisotopic (exact) mass is 305 g/mol. The molecule has 0 aromatic carbocycles. The van der Waals surface area contributed by atoms with E-state index in [0.717, 1.165) is 19.3 Å². The Morgan fingerprint density at radius 2 is 2.18 bits per heavy atom. The van der Waals surface area contributed by atoms with Crippen molar-refractivity contribution in [3.05, 3.63) is 30.2 Å². The average Bonchev–Trinajstić information content (AvgIpc) is 3.00. The van der Waals surface area contributed by atoms with E-state index in [1.54, 1.807) is 19.1 Å². The highest BCUT2D eigenvalue weighted by atomic mass is 16.5. The second-order valence-electron chi connectivity index (χ2n) is 5.80. The van der Waals surface area contributed by atoms with Gasteiger partial charge in [-0.2, -0.15) is 0 Å². The number of carbonyl (C=O) groups is 2. The van der Waals surface area contributed by atoms with Crippen LogP contribution in [0, 0.1) is 5.92 Å². The van der Waals surface area contributed by atoms with Crippen molar-refractivity contribution in [2.24, 2.45) is 5.92 Å². The Kier molecular flexibility index (Phi) is 5.81. The van der Waals surface area contributed by atoms with Crippen LogP contribution in [0.4, 0.5) is 0 Å². The van der Waals surface area contributed by atoms with Gasteiger partial charge in [0, 0.05) is 12.1 Å². The van der Waals surface area contributed by atoms with Crippen molar-refractivity contribution in [2.45, 2.75) is 51.7 Å². The molecule has 0 unspecified atom stereocenters. The van der Waals surface area contributed by atoms with Crippen molar-refractivity contribution in [3.8, 4) is 0 Å². The molecule has 1 heterocycles. The largest absolute Gasteiger partial charge is 0.465 e. The number of ether oxygens (including phenoxy) is 1. The van der Waals surface area contributed by atoms with Gasteiger partial charge in [-0.25, -0.2) is 4.79 Å². The molecule has 1 aromatic heterocycles. The number of hydrogen-bond donors (Lipinski definition) is 1. The summed E-state index contributed by atoms with van der Waals surface area (Å²) in [6.07, 6.45) is 7.96. The fourth-order valence-corrected chi connectivity index (χ4v) is 2.63. The SMILES string of the molecule is C[C@H](OC(=O)/C=C/c1ccco1)C(=O)N[C@H]1CCCC[C@H]1C. The van der Waals surface area contributed by atoms with Gasteiger partial charge in [-0.05, 0) is 43.9 Å². The van der Waals surface area contributed by atoms with Gasteiger partial charge in [0.2, 0.25) is 0 Å². The second-order valence-corrected chi connectivity index (χ2v) is 5.80. The lowest BCUT2D eigenvalue weighted by Gasteiger charge is -2.30. The van der Waals surface area contributed by atoms with E-state index in [-0.39, 0.29) is 11.9 Å². The van der Waals surface area contributed by atoms with Crippen LogP contribution in [0.15, 0.2) is 28.9 Å². The molecule has 5 heteroatoms. The third kappa shape index (κ3) is 4.76. The molecule has 5 nitrogen and oxygen atoms in total. The average molecular weight is 305 g/mol. The summed E-state index contributed by atoms with van der Waals surface area (Å²) in [6, 6.07) is 3.64. The molecule has 0 bridgehead atoms. The summed E-state index contributed by atoms with van der Waals surface area (Å²) in [5, 5.41) is 2.98. The Labute approximate surface area is 130 Å². The van der Waals surface area contributed by atoms with E-state index in [1.165, 1.54) is 24.8 Å². The molecule has 120 valence electrons. The number of rotatable bonds is 5. The summed E-state index contributed by atoms with van der Waals surface area (Å²) >= 11 is 0. The van der Waals surface area contributed by atoms with Crippen LogP contribution >= 0.6 is 0 Å². The Bertz CT molecular complexity index is 521. The number of amides is 1. The van der Waals surface area contributed by atoms with Gasteiger partial charge in [0.25, 0.3) is 5.91 Å². The summed E-state index contributed by atoms with van der Waals surface area (Å²) in [6.45, 7) is 3.73. The van der Waals surface area contributed by atoms with Gasteiger partial charge >= 0.3 is 5.97 Å². The summed E-state index contributed by atoms with van der Waals surface area (Å²) in [7, 11) is 0. The van der Waals surface area contributed by atoms with Crippen LogP contribution in [-0.4, -0.2) is 24.0 Å². The highest BCUT2D eigenvalue weighted by Crippen LogP contribution is 2.23. The van der Waals surface area contributed by atoms with Gasteiger partial charge in [-0.3, -0.25) is 4.79 Å². The molecule has 0 radical (unpaired) electrons. The molecule has 3 atom stereocenters. The quantitative estimate of drug-likeness (QED) is 0.671. The van der Waals surface area contributed by atoms with E-state index in [1.807, 2.05) is 0 Å². The first-order chi connectivity index (χ1) is 10.6. The summed E-state index contributed by atoms with van der Waals surface area (Å²) in [5.41, 5.74) is 0. The van der Waals surface area contributed by atoms with Crippen molar-refractivity contribution in [1.82, 2.24) is 5.32 Å². The molecule has 1 amide bonds. The minimum Gasteiger partial charge on any atom is -0.465 e. The Morgan fingerprint density at radius 3 is 2.86 bits per heavy atom. The molecule has 22 heavy (non-hydrogen) atoms. The zero-order valence-corrected chi connectivity index (χ0v) is 13.1. The summed E-state index contributed by atoms with van der Waals surface area (Å²) in [4.78, 5) is 23.8. The first-order valence-corrected chi connectivity index (χ1v) is 7.79. The number of carbonyl (C=O) groups excluding carboxylic acids is 2. The van der Waals surface area contributed by atoms with Crippen molar-refractivity contribution in [2.75, 3.05) is 0 Å². The van der Waals surface area contributed by atoms with E-state index in [9.17, 15) is 9.59 Å². The molecule has 2 rings (SSSR count). The molecule has 1 aromatic rings. The molecule has 1 aliphatic carbocycles. The molecule has 1 aliphatic rings. The minimum absolute atomic E-state index is 0.182. The molecule has 1 N–H and O–H groups in total. The molecule has 0 saturated heterocycles. The highest BCUT2D eigenvalue weighted by Gasteiger charge is 2.25. The fraction of sp³-hybridized carbons (Fsp3) is 0.529. The lowest BCUT2D eigenvalue weighted by molar-refractivity contribution is -0.150. The maximum absolute atomic E-state index is 12.1. The first-order valence-electron chi connectivity index (χ1n) is 7.79. The molecular weight excluding hydrogens is 282 g/mol. The number of esters is 1. The van der Waals surface area contributed by atoms with E-state index < -0.39 is 12.1 Å². The van der Waals surface area contributed by atoms with E-state index >= 15 is 0 Å². The van der Waals surface area contributed by atoms with Crippen molar-refractivity contribution in [3.63, 3.8) is 0 Å². The number of furan rings is 1. The highest BCUT2D eigenvalue weighted by molar-refractivity contribution is 5.90. The zero-order chi connectivity index (χ0) is 15.9. The van der Waals surface area contributed by atoms with Crippen LogP contribution < -0.4 is 5.32 Å². The molecule has 0 spiro atoms. The van der Waals surface area contributed by atoms with Crippen molar-refractivity contribution in [1.29, 1.82) is 0 Å². The van der Waals surface area contributed by atoms with Crippen LogP contribution in [0.25, 0.3) is 6.08 Å². The van der Waals surface area contributed by atoms with Crippen LogP contribution in [0.5, 0.6) is 0 Å².